The van der Waals surface area contributed by atoms with Gasteiger partial charge in [-0.2, -0.15) is 0 Å². The predicted molar refractivity (Wildman–Crippen MR) is 306 cm³/mol. The summed E-state index contributed by atoms with van der Waals surface area (Å²) in [5, 5.41) is 7.46. The topological polar surface area (TPSA) is 3.24 Å². The van der Waals surface area contributed by atoms with Crippen molar-refractivity contribution >= 4 is 49.4 Å². The summed E-state index contributed by atoms with van der Waals surface area (Å²) in [6, 6.07) is 99.5. The van der Waals surface area contributed by atoms with E-state index in [0.29, 0.717) is 0 Å². The Kier molecular flexibility index (Phi) is 10.4. The third kappa shape index (κ3) is 7.07. The van der Waals surface area contributed by atoms with Crippen molar-refractivity contribution in [2.24, 2.45) is 0 Å². The van der Waals surface area contributed by atoms with Gasteiger partial charge < -0.3 is 4.90 Å². The van der Waals surface area contributed by atoms with E-state index >= 15 is 0 Å². The predicted octanol–water partition coefficient (Wildman–Crippen LogP) is 19.3. The zero-order valence-corrected chi connectivity index (χ0v) is 40.9. The van der Waals surface area contributed by atoms with E-state index in [1.807, 2.05) is 0 Å². The minimum Gasteiger partial charge on any atom is -0.310 e. The van der Waals surface area contributed by atoms with Crippen LogP contribution in [-0.4, -0.2) is 0 Å². The van der Waals surface area contributed by atoms with Crippen molar-refractivity contribution in [1.29, 1.82) is 0 Å². The van der Waals surface area contributed by atoms with E-state index in [0.717, 1.165) is 22.6 Å². The van der Waals surface area contributed by atoms with Gasteiger partial charge in [0.25, 0.3) is 0 Å². The number of anilines is 3. The molecule has 1 heteroatoms. The molecule has 12 aromatic rings. The molecule has 0 aromatic heterocycles. The van der Waals surface area contributed by atoms with E-state index in [1.54, 1.807) is 0 Å². The Morgan fingerprint density at radius 2 is 0.778 bits per heavy atom. The Bertz CT molecular complexity index is 3870. The van der Waals surface area contributed by atoms with Crippen LogP contribution in [0, 0.1) is 0 Å². The SMILES string of the molecule is CC(C)(C)c1ccc(C2(c3ccc4ccccc4c3)c3ccccc3-c3c(-c4ccccc4N(c4ccc(-c5cccc6ccccc56)cc4)c4ccc(-c5cccc6ccccc56)cc4)cccc32)cc1. The minimum atomic E-state index is -0.577. The molecule has 0 saturated carbocycles. The normalized spacial score (nSPS) is 14.1. The fourth-order valence-electron chi connectivity index (χ4n) is 11.8. The average Bonchev–Trinajstić information content (AvgIpc) is 3.75. The van der Waals surface area contributed by atoms with Gasteiger partial charge in [0.05, 0.1) is 11.1 Å². The molecule has 342 valence electrons. The van der Waals surface area contributed by atoms with Crippen LogP contribution in [0.3, 0.4) is 0 Å². The van der Waals surface area contributed by atoms with Crippen LogP contribution in [0.4, 0.5) is 17.1 Å². The summed E-state index contributed by atoms with van der Waals surface area (Å²) in [6.45, 7) is 6.90. The summed E-state index contributed by atoms with van der Waals surface area (Å²) in [6.07, 6.45) is 0. The van der Waals surface area contributed by atoms with E-state index in [-0.39, 0.29) is 5.41 Å². The lowest BCUT2D eigenvalue weighted by Gasteiger charge is -2.35. The maximum Gasteiger partial charge on any atom is 0.0714 e. The van der Waals surface area contributed by atoms with Gasteiger partial charge in [-0.3, -0.25) is 0 Å². The molecule has 1 aliphatic carbocycles. The van der Waals surface area contributed by atoms with E-state index in [9.17, 15) is 0 Å². The number of hydrogen-bond donors (Lipinski definition) is 0. The summed E-state index contributed by atoms with van der Waals surface area (Å²) in [5.41, 5.74) is 18.9. The molecule has 0 fully saturated rings. The first-order valence-electron chi connectivity index (χ1n) is 25.2. The Morgan fingerprint density at radius 3 is 1.40 bits per heavy atom. The maximum atomic E-state index is 2.46. The second-order valence-electron chi connectivity index (χ2n) is 20.4. The third-order valence-corrected chi connectivity index (χ3v) is 15.3. The minimum absolute atomic E-state index is 0.0232. The van der Waals surface area contributed by atoms with Gasteiger partial charge in [-0.15, -0.1) is 0 Å². The van der Waals surface area contributed by atoms with Gasteiger partial charge in [0.2, 0.25) is 0 Å². The molecule has 72 heavy (non-hydrogen) atoms. The van der Waals surface area contributed by atoms with Gasteiger partial charge in [0.1, 0.15) is 0 Å². The molecule has 0 bridgehead atoms. The highest BCUT2D eigenvalue weighted by Gasteiger charge is 2.47. The van der Waals surface area contributed by atoms with E-state index in [4.69, 9.17) is 0 Å². The highest BCUT2D eigenvalue weighted by atomic mass is 15.1. The molecule has 0 radical (unpaired) electrons. The molecular weight excluding hydrogens is 867 g/mol. The van der Waals surface area contributed by atoms with Crippen molar-refractivity contribution in [1.82, 2.24) is 0 Å². The fourth-order valence-corrected chi connectivity index (χ4v) is 11.8. The Morgan fingerprint density at radius 1 is 0.319 bits per heavy atom. The molecule has 1 aliphatic rings. The van der Waals surface area contributed by atoms with Gasteiger partial charge in [-0.1, -0.05) is 251 Å². The number of benzene rings is 12. The molecule has 0 N–H and O–H groups in total. The number of nitrogens with zero attached hydrogens (tertiary/aromatic N) is 1. The second-order valence-corrected chi connectivity index (χ2v) is 20.4. The fraction of sp³-hybridized carbons (Fsp3) is 0.0704. The summed E-state index contributed by atoms with van der Waals surface area (Å²) >= 11 is 0. The van der Waals surface area contributed by atoms with E-state index < -0.39 is 5.41 Å². The molecule has 12 aromatic carbocycles. The molecular formula is C71H53N. The first-order valence-corrected chi connectivity index (χ1v) is 25.2. The number of fused-ring (bicyclic) bond motifs is 6. The van der Waals surface area contributed by atoms with Crippen LogP contribution in [-0.2, 0) is 10.8 Å². The highest BCUT2D eigenvalue weighted by Crippen LogP contribution is 2.59. The Hall–Kier alpha value is -8.78. The lowest BCUT2D eigenvalue weighted by atomic mass is 9.67. The smallest absolute Gasteiger partial charge is 0.0714 e. The summed E-state index contributed by atoms with van der Waals surface area (Å²) in [4.78, 5) is 2.46. The Balaban J connectivity index is 1.02. The van der Waals surface area contributed by atoms with E-state index in [2.05, 4.69) is 293 Å². The quantitative estimate of drug-likeness (QED) is 0.147. The summed E-state index contributed by atoms with van der Waals surface area (Å²) in [5.74, 6) is 0. The van der Waals surface area contributed by atoms with Crippen LogP contribution >= 0.6 is 0 Å². The molecule has 0 spiro atoms. The molecule has 0 amide bonds. The molecule has 1 unspecified atom stereocenters. The van der Waals surface area contributed by atoms with Crippen molar-refractivity contribution in [3.05, 3.63) is 295 Å². The maximum absolute atomic E-state index is 2.46. The zero-order chi connectivity index (χ0) is 48.4. The molecule has 0 saturated heterocycles. The number of hydrogen-bond acceptors (Lipinski definition) is 1. The molecule has 1 atom stereocenters. The molecule has 0 heterocycles. The third-order valence-electron chi connectivity index (χ3n) is 15.3. The summed E-state index contributed by atoms with van der Waals surface area (Å²) in [7, 11) is 0. The Labute approximate surface area is 423 Å². The van der Waals surface area contributed by atoms with Gasteiger partial charge in [-0.05, 0) is 141 Å². The highest BCUT2D eigenvalue weighted by molar-refractivity contribution is 6.02. The monoisotopic (exact) mass is 919 g/mol. The molecule has 0 aliphatic heterocycles. The molecule has 13 rings (SSSR count). The van der Waals surface area contributed by atoms with Gasteiger partial charge >= 0.3 is 0 Å². The molecule has 1 nitrogen and oxygen atoms in total. The van der Waals surface area contributed by atoms with E-state index in [1.165, 1.54) is 99.1 Å². The number of rotatable bonds is 8. The van der Waals surface area contributed by atoms with Crippen molar-refractivity contribution in [3.8, 4) is 44.5 Å². The average molecular weight is 920 g/mol. The lowest BCUT2D eigenvalue weighted by molar-refractivity contribution is 0.589. The zero-order valence-electron chi connectivity index (χ0n) is 40.9. The van der Waals surface area contributed by atoms with Gasteiger partial charge in [0, 0.05) is 16.9 Å². The standard InChI is InChI=1S/C71H53N/c1-70(2,3)54-39-41-55(42-40-54)71(56-38-33-48-17-4-5-20-53(48)47-56)66-30-12-10-26-65(66)69-64(29-16-31-67(69)71)63-25-11-13-32-68(63)72(57-43-34-51(35-44-57)61-27-14-21-49-18-6-8-23-59(49)61)58-45-36-52(37-46-58)62-28-15-22-50-19-7-9-24-60(50)62/h4-47H,1-3H3. The van der Waals surface area contributed by atoms with Crippen LogP contribution in [0.15, 0.2) is 267 Å². The van der Waals surface area contributed by atoms with Crippen molar-refractivity contribution in [2.75, 3.05) is 4.90 Å². The first kappa shape index (κ1) is 43.3. The second kappa shape index (κ2) is 17.3. The summed E-state index contributed by atoms with van der Waals surface area (Å²) < 4.78 is 0. The van der Waals surface area contributed by atoms with Crippen LogP contribution in [0.25, 0.3) is 76.8 Å². The largest absolute Gasteiger partial charge is 0.310 e. The first-order chi connectivity index (χ1) is 35.3. The van der Waals surface area contributed by atoms with Crippen molar-refractivity contribution in [3.63, 3.8) is 0 Å². The van der Waals surface area contributed by atoms with Crippen molar-refractivity contribution < 1.29 is 0 Å². The van der Waals surface area contributed by atoms with Gasteiger partial charge in [0.15, 0.2) is 0 Å². The van der Waals surface area contributed by atoms with Crippen LogP contribution in [0.2, 0.25) is 0 Å². The van der Waals surface area contributed by atoms with Crippen LogP contribution < -0.4 is 4.90 Å². The van der Waals surface area contributed by atoms with Gasteiger partial charge in [-0.25, -0.2) is 0 Å². The van der Waals surface area contributed by atoms with Crippen molar-refractivity contribution in [2.45, 2.75) is 31.6 Å². The number of para-hydroxylation sites is 1. The van der Waals surface area contributed by atoms with Crippen LogP contribution in [0.1, 0.15) is 48.6 Å². The lowest BCUT2D eigenvalue weighted by Crippen LogP contribution is -2.29. The van der Waals surface area contributed by atoms with Crippen LogP contribution in [0.5, 0.6) is 0 Å².